The number of methoxy groups -OCH3 is 1. The number of rotatable bonds is 5. The van der Waals surface area contributed by atoms with Crippen LogP contribution in [0.4, 0.5) is 4.79 Å². The summed E-state index contributed by atoms with van der Waals surface area (Å²) in [4.78, 5) is 11.0. The molecule has 0 spiro atoms. The molecule has 0 bridgehead atoms. The molecule has 0 saturated carbocycles. The van der Waals surface area contributed by atoms with Gasteiger partial charge >= 0.3 is 6.03 Å². The van der Waals surface area contributed by atoms with Gasteiger partial charge in [-0.2, -0.15) is 0 Å². The van der Waals surface area contributed by atoms with E-state index in [-0.39, 0.29) is 6.03 Å². The predicted molar refractivity (Wildman–Crippen MR) is 52.5 cm³/mol. The van der Waals surface area contributed by atoms with Gasteiger partial charge in [0, 0.05) is 19.9 Å². The Morgan fingerprint density at radius 2 is 2.23 bits per heavy atom. The van der Waals surface area contributed by atoms with Gasteiger partial charge in [-0.25, -0.2) is 4.79 Å². The molecule has 0 aromatic carbocycles. The summed E-state index contributed by atoms with van der Waals surface area (Å²) in [5, 5.41) is 5.27. The van der Waals surface area contributed by atoms with E-state index in [1.165, 1.54) is 0 Å². The first-order chi connectivity index (χ1) is 6.20. The Kier molecular flexibility index (Phi) is 7.01. The molecule has 0 aromatic heterocycles. The number of urea groups is 1. The van der Waals surface area contributed by atoms with E-state index in [2.05, 4.69) is 10.6 Å². The van der Waals surface area contributed by atoms with Gasteiger partial charge in [-0.1, -0.05) is 12.5 Å². The van der Waals surface area contributed by atoms with E-state index >= 15 is 0 Å². The van der Waals surface area contributed by atoms with E-state index in [0.717, 1.165) is 12.0 Å². The van der Waals surface area contributed by atoms with Crippen molar-refractivity contribution in [2.45, 2.75) is 20.3 Å². The molecule has 2 N–H and O–H groups in total. The largest absolute Gasteiger partial charge is 0.383 e. The summed E-state index contributed by atoms with van der Waals surface area (Å²) >= 11 is 0. The van der Waals surface area contributed by atoms with Crippen LogP contribution >= 0.6 is 0 Å². The van der Waals surface area contributed by atoms with Crippen molar-refractivity contribution in [1.82, 2.24) is 10.6 Å². The van der Waals surface area contributed by atoms with Crippen LogP contribution in [0.1, 0.15) is 20.3 Å². The molecule has 0 saturated heterocycles. The third-order valence-electron chi connectivity index (χ3n) is 1.60. The lowest BCUT2D eigenvalue weighted by Gasteiger charge is -2.03. The van der Waals surface area contributed by atoms with Gasteiger partial charge in [-0.15, -0.1) is 0 Å². The summed E-state index contributed by atoms with van der Waals surface area (Å²) in [5.41, 5.74) is 1.14. The molecule has 0 aromatic rings. The number of hydrogen-bond acceptors (Lipinski definition) is 2. The van der Waals surface area contributed by atoms with Gasteiger partial charge in [-0.3, -0.25) is 0 Å². The summed E-state index contributed by atoms with van der Waals surface area (Å²) in [6, 6.07) is -0.190. The highest BCUT2D eigenvalue weighted by atomic mass is 16.5. The Morgan fingerprint density at radius 1 is 1.54 bits per heavy atom. The van der Waals surface area contributed by atoms with Gasteiger partial charge < -0.3 is 15.4 Å². The molecule has 13 heavy (non-hydrogen) atoms. The maximum atomic E-state index is 11.0. The average Bonchev–Trinajstić information content (AvgIpc) is 2.14. The maximum Gasteiger partial charge on any atom is 0.318 e. The summed E-state index contributed by atoms with van der Waals surface area (Å²) in [6.07, 6.45) is 2.65. The maximum absolute atomic E-state index is 11.0. The normalized spacial score (nSPS) is 11.2. The Hall–Kier alpha value is -1.03. The van der Waals surface area contributed by atoms with Crippen LogP contribution in [-0.2, 0) is 4.74 Å². The zero-order valence-corrected chi connectivity index (χ0v) is 8.52. The van der Waals surface area contributed by atoms with Crippen LogP contribution in [0, 0.1) is 0 Å². The van der Waals surface area contributed by atoms with E-state index in [1.54, 1.807) is 13.3 Å². The lowest BCUT2D eigenvalue weighted by atomic mass is 10.3. The summed E-state index contributed by atoms with van der Waals surface area (Å²) in [6.45, 7) is 5.07. The fraction of sp³-hybridized carbons (Fsp3) is 0.667. The van der Waals surface area contributed by atoms with Crippen molar-refractivity contribution in [3.05, 3.63) is 11.8 Å². The van der Waals surface area contributed by atoms with Crippen LogP contribution in [0.2, 0.25) is 0 Å². The zero-order valence-electron chi connectivity index (χ0n) is 8.52. The number of carbonyl (C=O) groups is 1. The van der Waals surface area contributed by atoms with Crippen molar-refractivity contribution in [1.29, 1.82) is 0 Å². The summed E-state index contributed by atoms with van der Waals surface area (Å²) in [5.74, 6) is 0. The number of hydrogen-bond donors (Lipinski definition) is 2. The third-order valence-corrected chi connectivity index (χ3v) is 1.60. The minimum atomic E-state index is -0.190. The van der Waals surface area contributed by atoms with E-state index in [0.29, 0.717) is 13.2 Å². The second-order valence-corrected chi connectivity index (χ2v) is 2.74. The minimum absolute atomic E-state index is 0.190. The Morgan fingerprint density at radius 3 is 2.77 bits per heavy atom. The van der Waals surface area contributed by atoms with Crippen molar-refractivity contribution in [3.63, 3.8) is 0 Å². The van der Waals surface area contributed by atoms with E-state index < -0.39 is 0 Å². The van der Waals surface area contributed by atoms with Crippen LogP contribution in [0.3, 0.4) is 0 Å². The molecule has 0 aliphatic carbocycles. The molecule has 0 aliphatic heterocycles. The fourth-order valence-electron chi connectivity index (χ4n) is 0.608. The predicted octanol–water partition coefficient (Wildman–Crippen LogP) is 1.25. The second-order valence-electron chi connectivity index (χ2n) is 2.74. The highest BCUT2D eigenvalue weighted by Gasteiger charge is 1.94. The average molecular weight is 186 g/mol. The lowest BCUT2D eigenvalue weighted by molar-refractivity contribution is 0.196. The summed E-state index contributed by atoms with van der Waals surface area (Å²) in [7, 11) is 1.60. The number of allylic oxidation sites excluding steroid dienone is 1. The minimum Gasteiger partial charge on any atom is -0.383 e. The number of nitrogens with one attached hydrogen (secondary N) is 2. The molecule has 76 valence electrons. The van der Waals surface area contributed by atoms with E-state index in [9.17, 15) is 4.79 Å². The lowest BCUT2D eigenvalue weighted by Crippen LogP contribution is -2.34. The van der Waals surface area contributed by atoms with Crippen LogP contribution in [0.15, 0.2) is 11.8 Å². The highest BCUT2D eigenvalue weighted by Crippen LogP contribution is 1.93. The van der Waals surface area contributed by atoms with E-state index in [4.69, 9.17) is 4.74 Å². The van der Waals surface area contributed by atoms with Crippen molar-refractivity contribution in [3.8, 4) is 0 Å². The molecular weight excluding hydrogens is 168 g/mol. The van der Waals surface area contributed by atoms with Gasteiger partial charge in [0.2, 0.25) is 0 Å². The topological polar surface area (TPSA) is 50.4 Å². The quantitative estimate of drug-likeness (QED) is 0.635. The first-order valence-corrected chi connectivity index (χ1v) is 4.39. The molecule has 0 fully saturated rings. The van der Waals surface area contributed by atoms with Gasteiger partial charge in [0.25, 0.3) is 0 Å². The Bertz CT molecular complexity index is 178. The molecule has 0 atom stereocenters. The number of ether oxygens (including phenoxy) is 1. The smallest absolute Gasteiger partial charge is 0.318 e. The zero-order chi connectivity index (χ0) is 10.1. The molecule has 0 unspecified atom stereocenters. The van der Waals surface area contributed by atoms with E-state index in [1.807, 2.05) is 13.8 Å². The van der Waals surface area contributed by atoms with Crippen LogP contribution in [0.25, 0.3) is 0 Å². The molecule has 4 heteroatoms. The SMILES string of the molecule is CC/C(C)=C/NC(=O)NCCOC. The molecule has 0 heterocycles. The van der Waals surface area contributed by atoms with Gasteiger partial charge in [0.15, 0.2) is 0 Å². The first kappa shape index (κ1) is 12.0. The van der Waals surface area contributed by atoms with Gasteiger partial charge in [0.05, 0.1) is 6.61 Å². The molecule has 0 aliphatic rings. The molecule has 4 nitrogen and oxygen atoms in total. The monoisotopic (exact) mass is 186 g/mol. The number of amides is 2. The van der Waals surface area contributed by atoms with Crippen molar-refractivity contribution >= 4 is 6.03 Å². The van der Waals surface area contributed by atoms with Crippen LogP contribution in [-0.4, -0.2) is 26.3 Å². The number of carbonyl (C=O) groups excluding carboxylic acids is 1. The van der Waals surface area contributed by atoms with Gasteiger partial charge in [0.1, 0.15) is 0 Å². The van der Waals surface area contributed by atoms with Gasteiger partial charge in [-0.05, 0) is 13.3 Å². The van der Waals surface area contributed by atoms with Crippen LogP contribution < -0.4 is 10.6 Å². The Labute approximate surface area is 79.3 Å². The van der Waals surface area contributed by atoms with Crippen molar-refractivity contribution < 1.29 is 9.53 Å². The van der Waals surface area contributed by atoms with Crippen molar-refractivity contribution in [2.24, 2.45) is 0 Å². The van der Waals surface area contributed by atoms with Crippen molar-refractivity contribution in [2.75, 3.05) is 20.3 Å². The summed E-state index contributed by atoms with van der Waals surface area (Å²) < 4.78 is 4.78. The first-order valence-electron chi connectivity index (χ1n) is 4.39. The molecule has 2 amide bonds. The standard InChI is InChI=1S/C9H18N2O2/c1-4-8(2)7-11-9(12)10-5-6-13-3/h7H,4-6H2,1-3H3,(H2,10,11,12)/b8-7+. The molecular formula is C9H18N2O2. The Balaban J connectivity index is 3.51. The van der Waals surface area contributed by atoms with Crippen LogP contribution in [0.5, 0.6) is 0 Å². The fourth-order valence-corrected chi connectivity index (χ4v) is 0.608. The molecule has 0 rings (SSSR count). The third kappa shape index (κ3) is 7.33. The highest BCUT2D eigenvalue weighted by molar-refractivity contribution is 5.74. The second kappa shape index (κ2) is 7.61. The molecule has 0 radical (unpaired) electrons.